The van der Waals surface area contributed by atoms with Gasteiger partial charge in [0.05, 0.1) is 5.69 Å². The van der Waals surface area contributed by atoms with Gasteiger partial charge in [0.15, 0.2) is 5.16 Å². The quantitative estimate of drug-likeness (QED) is 0.655. The SMILES string of the molecule is CCC(C)Sc1nc(COc2ccccc2)c(C)c(=O)[nH]1. The van der Waals surface area contributed by atoms with Crippen molar-refractivity contribution in [3.8, 4) is 5.75 Å². The third kappa shape index (κ3) is 4.36. The van der Waals surface area contributed by atoms with Gasteiger partial charge in [0.1, 0.15) is 12.4 Å². The molecule has 0 spiro atoms. The van der Waals surface area contributed by atoms with E-state index in [0.717, 1.165) is 12.2 Å². The van der Waals surface area contributed by atoms with E-state index in [4.69, 9.17) is 4.74 Å². The fourth-order valence-corrected chi connectivity index (χ4v) is 2.56. The highest BCUT2D eigenvalue weighted by molar-refractivity contribution is 7.99. The van der Waals surface area contributed by atoms with Crippen LogP contribution in [0.5, 0.6) is 5.75 Å². The Balaban J connectivity index is 2.16. The van der Waals surface area contributed by atoms with E-state index in [2.05, 4.69) is 23.8 Å². The van der Waals surface area contributed by atoms with Crippen LogP contribution in [-0.2, 0) is 6.61 Å². The van der Waals surface area contributed by atoms with Crippen LogP contribution < -0.4 is 10.3 Å². The van der Waals surface area contributed by atoms with Gasteiger partial charge in [0.25, 0.3) is 5.56 Å². The highest BCUT2D eigenvalue weighted by atomic mass is 32.2. The molecule has 0 saturated heterocycles. The summed E-state index contributed by atoms with van der Waals surface area (Å²) >= 11 is 1.58. The molecule has 1 N–H and O–H groups in total. The van der Waals surface area contributed by atoms with E-state index in [0.29, 0.717) is 28.3 Å². The van der Waals surface area contributed by atoms with Crippen LogP contribution in [0.2, 0.25) is 0 Å². The molecule has 0 aliphatic rings. The van der Waals surface area contributed by atoms with Crippen molar-refractivity contribution in [2.45, 2.75) is 44.2 Å². The van der Waals surface area contributed by atoms with Gasteiger partial charge in [-0.05, 0) is 25.5 Å². The van der Waals surface area contributed by atoms with Crippen LogP contribution >= 0.6 is 11.8 Å². The van der Waals surface area contributed by atoms with E-state index in [9.17, 15) is 4.79 Å². The molecule has 0 saturated carbocycles. The third-order valence-corrected chi connectivity index (χ3v) is 4.39. The maximum atomic E-state index is 12.0. The maximum Gasteiger partial charge on any atom is 0.254 e. The van der Waals surface area contributed by atoms with Crippen molar-refractivity contribution in [1.82, 2.24) is 9.97 Å². The molecule has 0 fully saturated rings. The van der Waals surface area contributed by atoms with Gasteiger partial charge < -0.3 is 9.72 Å². The number of rotatable bonds is 6. The van der Waals surface area contributed by atoms with Crippen LogP contribution in [0.25, 0.3) is 0 Å². The first-order valence-corrected chi connectivity index (χ1v) is 7.92. The minimum atomic E-state index is -0.0949. The van der Waals surface area contributed by atoms with Crippen LogP contribution in [0, 0.1) is 6.92 Å². The Bertz CT molecular complexity index is 640. The summed E-state index contributed by atoms with van der Waals surface area (Å²) in [5.41, 5.74) is 1.20. The number of nitrogens with one attached hydrogen (secondary N) is 1. The van der Waals surface area contributed by atoms with Gasteiger partial charge in [0, 0.05) is 10.8 Å². The molecule has 1 aromatic heterocycles. The monoisotopic (exact) mass is 304 g/mol. The molecule has 21 heavy (non-hydrogen) atoms. The van der Waals surface area contributed by atoms with E-state index in [1.807, 2.05) is 30.3 Å². The third-order valence-electron chi connectivity index (χ3n) is 3.24. The van der Waals surface area contributed by atoms with E-state index < -0.39 is 0 Å². The molecule has 1 heterocycles. The maximum absolute atomic E-state index is 12.0. The number of hydrogen-bond donors (Lipinski definition) is 1. The molecular weight excluding hydrogens is 284 g/mol. The number of aromatic nitrogens is 2. The summed E-state index contributed by atoms with van der Waals surface area (Å²) in [6.45, 7) is 6.30. The number of H-pyrrole nitrogens is 1. The van der Waals surface area contributed by atoms with E-state index >= 15 is 0 Å². The second-order valence-electron chi connectivity index (χ2n) is 4.88. The summed E-state index contributed by atoms with van der Waals surface area (Å²) < 4.78 is 5.69. The van der Waals surface area contributed by atoms with Crippen molar-refractivity contribution in [2.75, 3.05) is 0 Å². The lowest BCUT2D eigenvalue weighted by Crippen LogP contribution is -2.17. The number of ether oxygens (including phenoxy) is 1. The number of para-hydroxylation sites is 1. The van der Waals surface area contributed by atoms with Gasteiger partial charge in [-0.1, -0.05) is 43.8 Å². The summed E-state index contributed by atoms with van der Waals surface area (Å²) in [5, 5.41) is 1.07. The van der Waals surface area contributed by atoms with Gasteiger partial charge in [-0.2, -0.15) is 0 Å². The van der Waals surface area contributed by atoms with Crippen molar-refractivity contribution in [2.24, 2.45) is 0 Å². The first-order valence-electron chi connectivity index (χ1n) is 7.04. The van der Waals surface area contributed by atoms with Gasteiger partial charge in [0.2, 0.25) is 0 Å². The molecule has 4 nitrogen and oxygen atoms in total. The summed E-state index contributed by atoms with van der Waals surface area (Å²) in [5.74, 6) is 0.773. The molecular formula is C16H20N2O2S. The Morgan fingerprint density at radius 2 is 2.05 bits per heavy atom. The van der Waals surface area contributed by atoms with E-state index in [1.165, 1.54) is 0 Å². The molecule has 1 unspecified atom stereocenters. The van der Waals surface area contributed by atoms with Crippen molar-refractivity contribution in [1.29, 1.82) is 0 Å². The van der Waals surface area contributed by atoms with Crippen LogP contribution in [0.1, 0.15) is 31.5 Å². The summed E-state index contributed by atoms with van der Waals surface area (Å²) in [6.07, 6.45) is 1.03. The summed E-state index contributed by atoms with van der Waals surface area (Å²) in [4.78, 5) is 19.3. The second-order valence-corrected chi connectivity index (χ2v) is 6.31. The normalized spacial score (nSPS) is 12.1. The molecule has 2 aromatic rings. The standard InChI is InChI=1S/C16H20N2O2S/c1-4-11(2)21-16-17-14(12(3)15(19)18-16)10-20-13-8-6-5-7-9-13/h5-9,11H,4,10H2,1-3H3,(H,17,18,19). The number of thioether (sulfide) groups is 1. The Labute approximate surface area is 129 Å². The van der Waals surface area contributed by atoms with Crippen molar-refractivity contribution < 1.29 is 4.74 Å². The molecule has 5 heteroatoms. The number of aromatic amines is 1. The molecule has 0 amide bonds. The molecule has 1 atom stereocenters. The molecule has 0 bridgehead atoms. The molecule has 2 rings (SSSR count). The highest BCUT2D eigenvalue weighted by Gasteiger charge is 2.11. The fourth-order valence-electron chi connectivity index (χ4n) is 1.69. The molecule has 0 aliphatic heterocycles. The Morgan fingerprint density at radius 1 is 1.33 bits per heavy atom. The van der Waals surface area contributed by atoms with Crippen LogP contribution in [0.4, 0.5) is 0 Å². The zero-order valence-electron chi connectivity index (χ0n) is 12.6. The summed E-state index contributed by atoms with van der Waals surface area (Å²) in [7, 11) is 0. The molecule has 1 aromatic carbocycles. The van der Waals surface area contributed by atoms with E-state index in [-0.39, 0.29) is 5.56 Å². The first kappa shape index (κ1) is 15.6. The average molecular weight is 304 g/mol. The van der Waals surface area contributed by atoms with Crippen molar-refractivity contribution in [3.63, 3.8) is 0 Å². The van der Waals surface area contributed by atoms with Gasteiger partial charge in [-0.25, -0.2) is 4.98 Å². The van der Waals surface area contributed by atoms with Crippen LogP contribution in [-0.4, -0.2) is 15.2 Å². The number of nitrogens with zero attached hydrogens (tertiary/aromatic N) is 1. The zero-order chi connectivity index (χ0) is 15.2. The minimum absolute atomic E-state index is 0.0949. The largest absolute Gasteiger partial charge is 0.487 e. The average Bonchev–Trinajstić information content (AvgIpc) is 2.50. The number of hydrogen-bond acceptors (Lipinski definition) is 4. The Hall–Kier alpha value is -1.75. The smallest absolute Gasteiger partial charge is 0.254 e. The lowest BCUT2D eigenvalue weighted by Gasteiger charge is -2.11. The minimum Gasteiger partial charge on any atom is -0.487 e. The lowest BCUT2D eigenvalue weighted by molar-refractivity contribution is 0.298. The fraction of sp³-hybridized carbons (Fsp3) is 0.375. The van der Waals surface area contributed by atoms with Gasteiger partial charge in [-0.3, -0.25) is 4.79 Å². The zero-order valence-corrected chi connectivity index (χ0v) is 13.4. The first-order chi connectivity index (χ1) is 10.1. The van der Waals surface area contributed by atoms with Crippen molar-refractivity contribution >= 4 is 11.8 Å². The molecule has 0 aliphatic carbocycles. The van der Waals surface area contributed by atoms with Gasteiger partial charge in [-0.15, -0.1) is 0 Å². The summed E-state index contributed by atoms with van der Waals surface area (Å²) in [6, 6.07) is 9.54. The topological polar surface area (TPSA) is 55.0 Å². The Kier molecular flexibility index (Phi) is 5.44. The predicted molar refractivity (Wildman–Crippen MR) is 86.0 cm³/mol. The predicted octanol–water partition coefficient (Wildman–Crippen LogP) is 3.55. The molecule has 112 valence electrons. The second kappa shape index (κ2) is 7.31. The lowest BCUT2D eigenvalue weighted by atomic mass is 10.2. The Morgan fingerprint density at radius 3 is 2.71 bits per heavy atom. The molecule has 0 radical (unpaired) electrons. The number of benzene rings is 1. The highest BCUT2D eigenvalue weighted by Crippen LogP contribution is 2.21. The van der Waals surface area contributed by atoms with Crippen LogP contribution in [0.15, 0.2) is 40.3 Å². The van der Waals surface area contributed by atoms with E-state index in [1.54, 1.807) is 18.7 Å². The van der Waals surface area contributed by atoms with Crippen molar-refractivity contribution in [3.05, 3.63) is 51.9 Å². The van der Waals surface area contributed by atoms with Crippen LogP contribution in [0.3, 0.4) is 0 Å². The van der Waals surface area contributed by atoms with Gasteiger partial charge >= 0.3 is 0 Å².